The molecular weight excluding hydrogens is 314 g/mol. The summed E-state index contributed by atoms with van der Waals surface area (Å²) in [5.41, 5.74) is 1.47. The molecule has 5 nitrogen and oxygen atoms in total. The van der Waals surface area contributed by atoms with Crippen molar-refractivity contribution in [3.8, 4) is 0 Å². The summed E-state index contributed by atoms with van der Waals surface area (Å²) >= 11 is 0. The van der Waals surface area contributed by atoms with Crippen LogP contribution >= 0.6 is 0 Å². The Morgan fingerprint density at radius 2 is 1.73 bits per heavy atom. The highest BCUT2D eigenvalue weighted by molar-refractivity contribution is 7.92. The molecule has 8 heteroatoms. The molecule has 1 aliphatic rings. The van der Waals surface area contributed by atoms with E-state index in [9.17, 15) is 22.0 Å². The standard InChI is InChI=1S/C14H10F2N2O3S/c15-9-5-10(16)7-12(6-9)22(20,21)18-11-1-2-13-8(3-11)4-14(19)17-13/h1-3,5-7,18H,4H2,(H,17,19). The lowest BCUT2D eigenvalue weighted by atomic mass is 10.1. The number of nitrogens with one attached hydrogen (secondary N) is 2. The maximum atomic E-state index is 13.1. The van der Waals surface area contributed by atoms with Crippen molar-refractivity contribution < 1.29 is 22.0 Å². The zero-order chi connectivity index (χ0) is 15.9. The molecule has 0 spiro atoms. The minimum Gasteiger partial charge on any atom is -0.326 e. The molecule has 2 N–H and O–H groups in total. The molecule has 2 aromatic rings. The highest BCUT2D eigenvalue weighted by Crippen LogP contribution is 2.27. The van der Waals surface area contributed by atoms with E-state index in [-0.39, 0.29) is 18.0 Å². The van der Waals surface area contributed by atoms with Crippen LogP contribution in [0.4, 0.5) is 20.2 Å². The smallest absolute Gasteiger partial charge is 0.262 e. The molecule has 0 fully saturated rings. The van der Waals surface area contributed by atoms with E-state index in [0.29, 0.717) is 17.3 Å². The molecule has 0 unspecified atom stereocenters. The average molecular weight is 324 g/mol. The molecule has 0 bridgehead atoms. The topological polar surface area (TPSA) is 75.3 Å². The number of carbonyl (C=O) groups is 1. The molecule has 114 valence electrons. The van der Waals surface area contributed by atoms with Crippen molar-refractivity contribution in [2.24, 2.45) is 0 Å². The van der Waals surface area contributed by atoms with Gasteiger partial charge in [-0.2, -0.15) is 0 Å². The SMILES string of the molecule is O=C1Cc2cc(NS(=O)(=O)c3cc(F)cc(F)c3)ccc2N1. The summed E-state index contributed by atoms with van der Waals surface area (Å²) in [6.07, 6.45) is 0.152. The summed E-state index contributed by atoms with van der Waals surface area (Å²) in [4.78, 5) is 10.7. The Kier molecular flexibility index (Phi) is 3.32. The van der Waals surface area contributed by atoms with Gasteiger partial charge in [0.1, 0.15) is 11.6 Å². The number of benzene rings is 2. The molecule has 0 saturated carbocycles. The molecule has 22 heavy (non-hydrogen) atoms. The molecule has 1 heterocycles. The Morgan fingerprint density at radius 3 is 2.41 bits per heavy atom. The van der Waals surface area contributed by atoms with E-state index in [2.05, 4.69) is 10.0 Å². The van der Waals surface area contributed by atoms with E-state index in [1.807, 2.05) is 0 Å². The minimum atomic E-state index is -4.12. The second-order valence-electron chi connectivity index (χ2n) is 4.81. The van der Waals surface area contributed by atoms with Gasteiger partial charge in [-0.15, -0.1) is 0 Å². The van der Waals surface area contributed by atoms with Gasteiger partial charge in [0.2, 0.25) is 5.91 Å². The number of hydrogen-bond donors (Lipinski definition) is 2. The largest absolute Gasteiger partial charge is 0.326 e. The fourth-order valence-electron chi connectivity index (χ4n) is 2.19. The van der Waals surface area contributed by atoms with Crippen LogP contribution < -0.4 is 10.0 Å². The van der Waals surface area contributed by atoms with Gasteiger partial charge in [-0.05, 0) is 35.9 Å². The average Bonchev–Trinajstić information content (AvgIpc) is 2.76. The third kappa shape index (κ3) is 2.77. The predicted octanol–water partition coefficient (Wildman–Crippen LogP) is 2.26. The third-order valence-corrected chi connectivity index (χ3v) is 4.49. The first-order valence-electron chi connectivity index (χ1n) is 6.25. The van der Waals surface area contributed by atoms with E-state index in [1.165, 1.54) is 12.1 Å². The normalized spacial score (nSPS) is 13.6. The predicted molar refractivity (Wildman–Crippen MR) is 75.9 cm³/mol. The first kappa shape index (κ1) is 14.5. The Balaban J connectivity index is 1.92. The number of fused-ring (bicyclic) bond motifs is 1. The van der Waals surface area contributed by atoms with Crippen LogP contribution in [0.15, 0.2) is 41.3 Å². The zero-order valence-corrected chi connectivity index (χ0v) is 11.9. The van der Waals surface area contributed by atoms with Crippen molar-refractivity contribution >= 4 is 27.3 Å². The Morgan fingerprint density at radius 1 is 1.05 bits per heavy atom. The molecule has 0 aliphatic carbocycles. The van der Waals surface area contributed by atoms with Crippen LogP contribution in [0, 0.1) is 11.6 Å². The maximum absolute atomic E-state index is 13.1. The number of rotatable bonds is 3. The van der Waals surface area contributed by atoms with Gasteiger partial charge in [0.25, 0.3) is 10.0 Å². The van der Waals surface area contributed by atoms with Crippen molar-refractivity contribution in [2.45, 2.75) is 11.3 Å². The van der Waals surface area contributed by atoms with Crippen LogP contribution in [0.5, 0.6) is 0 Å². The molecule has 0 atom stereocenters. The monoisotopic (exact) mass is 324 g/mol. The highest BCUT2D eigenvalue weighted by atomic mass is 32.2. The van der Waals surface area contributed by atoms with Gasteiger partial charge in [-0.3, -0.25) is 9.52 Å². The second kappa shape index (κ2) is 5.06. The van der Waals surface area contributed by atoms with Crippen LogP contribution in [0.2, 0.25) is 0 Å². The third-order valence-electron chi connectivity index (χ3n) is 3.13. The molecule has 0 aromatic heterocycles. The minimum absolute atomic E-state index is 0.152. The summed E-state index contributed by atoms with van der Waals surface area (Å²) in [5.74, 6) is -2.14. The second-order valence-corrected chi connectivity index (χ2v) is 6.49. The molecule has 1 amide bonds. The van der Waals surface area contributed by atoms with E-state index in [1.54, 1.807) is 6.07 Å². The highest BCUT2D eigenvalue weighted by Gasteiger charge is 2.20. The van der Waals surface area contributed by atoms with E-state index in [0.717, 1.165) is 12.1 Å². The first-order valence-corrected chi connectivity index (χ1v) is 7.73. The molecular formula is C14H10F2N2O3S. The summed E-state index contributed by atoms with van der Waals surface area (Å²) in [5, 5.41) is 2.62. The van der Waals surface area contributed by atoms with E-state index < -0.39 is 26.6 Å². The lowest BCUT2D eigenvalue weighted by molar-refractivity contribution is -0.115. The molecule has 0 radical (unpaired) electrons. The Bertz CT molecular complexity index is 861. The summed E-state index contributed by atoms with van der Waals surface area (Å²) in [6, 6.07) is 6.56. The van der Waals surface area contributed by atoms with Crippen molar-refractivity contribution in [1.82, 2.24) is 0 Å². The van der Waals surface area contributed by atoms with Gasteiger partial charge < -0.3 is 5.32 Å². The van der Waals surface area contributed by atoms with E-state index in [4.69, 9.17) is 0 Å². The van der Waals surface area contributed by atoms with Crippen molar-refractivity contribution in [3.05, 3.63) is 53.6 Å². The summed E-state index contributed by atoms with van der Waals surface area (Å²) < 4.78 is 52.8. The number of carbonyl (C=O) groups excluding carboxylic acids is 1. The van der Waals surface area contributed by atoms with Gasteiger partial charge in [0, 0.05) is 17.4 Å². The molecule has 2 aromatic carbocycles. The molecule has 0 saturated heterocycles. The summed E-state index contributed by atoms with van der Waals surface area (Å²) in [6.45, 7) is 0. The quantitative estimate of drug-likeness (QED) is 0.909. The Hall–Kier alpha value is -2.48. The van der Waals surface area contributed by atoms with Gasteiger partial charge >= 0.3 is 0 Å². The van der Waals surface area contributed by atoms with Crippen molar-refractivity contribution in [1.29, 1.82) is 0 Å². The number of halogens is 2. The first-order chi connectivity index (χ1) is 10.3. The van der Waals surface area contributed by atoms with Crippen LogP contribution in [0.1, 0.15) is 5.56 Å². The number of amides is 1. The van der Waals surface area contributed by atoms with Gasteiger partial charge in [-0.1, -0.05) is 0 Å². The summed E-state index contributed by atoms with van der Waals surface area (Å²) in [7, 11) is -4.12. The van der Waals surface area contributed by atoms with E-state index >= 15 is 0 Å². The zero-order valence-electron chi connectivity index (χ0n) is 11.1. The van der Waals surface area contributed by atoms with Gasteiger partial charge in [0.05, 0.1) is 11.3 Å². The lowest BCUT2D eigenvalue weighted by Gasteiger charge is -2.09. The van der Waals surface area contributed by atoms with Crippen LogP contribution in [-0.2, 0) is 21.2 Å². The fraction of sp³-hybridized carbons (Fsp3) is 0.0714. The Labute approximate surface area is 125 Å². The lowest BCUT2D eigenvalue weighted by Crippen LogP contribution is -2.13. The van der Waals surface area contributed by atoms with Crippen molar-refractivity contribution in [3.63, 3.8) is 0 Å². The number of hydrogen-bond acceptors (Lipinski definition) is 3. The molecule has 3 rings (SSSR count). The maximum Gasteiger partial charge on any atom is 0.262 e. The number of anilines is 2. The van der Waals surface area contributed by atoms with Gasteiger partial charge in [0.15, 0.2) is 0 Å². The van der Waals surface area contributed by atoms with Gasteiger partial charge in [-0.25, -0.2) is 17.2 Å². The van der Waals surface area contributed by atoms with Crippen LogP contribution in [0.25, 0.3) is 0 Å². The van der Waals surface area contributed by atoms with Crippen LogP contribution in [0.3, 0.4) is 0 Å². The van der Waals surface area contributed by atoms with Crippen LogP contribution in [-0.4, -0.2) is 14.3 Å². The number of sulfonamides is 1. The molecule has 1 aliphatic heterocycles. The van der Waals surface area contributed by atoms with Crippen molar-refractivity contribution in [2.75, 3.05) is 10.0 Å². The fourth-order valence-corrected chi connectivity index (χ4v) is 3.28.